The molecule has 0 unspecified atom stereocenters. The van der Waals surface area contributed by atoms with Gasteiger partial charge in [0.15, 0.2) is 18.1 Å². The number of halogens is 1. The first-order valence-corrected chi connectivity index (χ1v) is 13.4. The number of nitrogens with one attached hydrogen (secondary N) is 2. The molecule has 2 aliphatic heterocycles. The van der Waals surface area contributed by atoms with Crippen molar-refractivity contribution in [1.82, 2.24) is 20.5 Å². The van der Waals surface area contributed by atoms with E-state index < -0.39 is 48.3 Å². The molecule has 2 N–H and O–H groups in total. The topological polar surface area (TPSA) is 145 Å². The standard InChI is InChI=1S/C30H29FN4O8/c1-40-25-6-4-18-11-26(25)42-16-27(36)34-23-15-35(29(38)22-5-3-19(14-32-22)30(39)41-2)8-7-24(23)43-21-10-17(9-20(31)12-21)13-33-28(18)37/h3-6,9-12,14,23-24H,7-8,13,15-16H2,1-2H3,(H,33,37)(H,34,36)/t23-,24+/m1/s1. The largest absolute Gasteiger partial charge is 0.493 e. The molecule has 5 rings (SSSR count). The van der Waals surface area contributed by atoms with E-state index in [4.69, 9.17) is 14.2 Å². The molecule has 4 bridgehead atoms. The molecule has 3 heterocycles. The van der Waals surface area contributed by atoms with Crippen LogP contribution in [0.1, 0.15) is 43.2 Å². The van der Waals surface area contributed by atoms with Gasteiger partial charge >= 0.3 is 5.97 Å². The van der Waals surface area contributed by atoms with Crippen molar-refractivity contribution in [3.05, 3.63) is 82.9 Å². The first kappa shape index (κ1) is 29.3. The maximum absolute atomic E-state index is 14.6. The zero-order valence-corrected chi connectivity index (χ0v) is 23.4. The van der Waals surface area contributed by atoms with Crippen molar-refractivity contribution in [2.24, 2.45) is 0 Å². The molecule has 12 nitrogen and oxygen atoms in total. The van der Waals surface area contributed by atoms with Crippen LogP contribution in [0.25, 0.3) is 0 Å². The van der Waals surface area contributed by atoms with E-state index in [-0.39, 0.29) is 48.0 Å². The Kier molecular flexibility index (Phi) is 8.69. The number of nitrogens with zero attached hydrogens (tertiary/aromatic N) is 2. The molecular formula is C30H29FN4O8. The molecule has 3 aromatic rings. The number of amides is 3. The van der Waals surface area contributed by atoms with Gasteiger partial charge in [0.25, 0.3) is 17.7 Å². The molecule has 0 radical (unpaired) electrons. The molecule has 0 aliphatic carbocycles. The van der Waals surface area contributed by atoms with Crippen LogP contribution in [0.15, 0.2) is 54.7 Å². The molecule has 13 heteroatoms. The van der Waals surface area contributed by atoms with Crippen LogP contribution in [0.4, 0.5) is 4.39 Å². The molecule has 1 saturated heterocycles. The number of methoxy groups -OCH3 is 2. The highest BCUT2D eigenvalue weighted by Gasteiger charge is 2.35. The molecule has 1 fully saturated rings. The summed E-state index contributed by atoms with van der Waals surface area (Å²) in [6.45, 7) is -0.0644. The molecule has 0 spiro atoms. The van der Waals surface area contributed by atoms with Crippen molar-refractivity contribution in [1.29, 1.82) is 0 Å². The van der Waals surface area contributed by atoms with Gasteiger partial charge in [-0.3, -0.25) is 19.4 Å². The van der Waals surface area contributed by atoms with E-state index in [1.165, 1.54) is 55.6 Å². The Labute approximate surface area is 246 Å². The van der Waals surface area contributed by atoms with Crippen molar-refractivity contribution in [2.75, 3.05) is 33.9 Å². The van der Waals surface area contributed by atoms with Crippen molar-refractivity contribution >= 4 is 23.7 Å². The summed E-state index contributed by atoms with van der Waals surface area (Å²) in [5.74, 6) is -1.77. The van der Waals surface area contributed by atoms with E-state index in [2.05, 4.69) is 20.4 Å². The molecule has 3 amide bonds. The van der Waals surface area contributed by atoms with Crippen molar-refractivity contribution in [3.63, 3.8) is 0 Å². The van der Waals surface area contributed by atoms with E-state index in [1.807, 2.05) is 0 Å². The number of rotatable bonds is 3. The number of hydrogen-bond donors (Lipinski definition) is 2. The van der Waals surface area contributed by atoms with Crippen molar-refractivity contribution in [3.8, 4) is 17.2 Å². The molecule has 2 aromatic carbocycles. The molecule has 224 valence electrons. The number of ether oxygens (including phenoxy) is 4. The number of benzene rings is 2. The van der Waals surface area contributed by atoms with Crippen molar-refractivity contribution in [2.45, 2.75) is 25.1 Å². The van der Waals surface area contributed by atoms with Crippen molar-refractivity contribution < 1.29 is 42.5 Å². The Balaban J connectivity index is 1.41. The summed E-state index contributed by atoms with van der Waals surface area (Å²) in [6, 6.07) is 10.8. The normalized spacial score (nSPS) is 18.6. The fourth-order valence-corrected chi connectivity index (χ4v) is 4.89. The Bertz CT molecular complexity index is 1550. The number of carbonyl (C=O) groups excluding carboxylic acids is 4. The predicted molar refractivity (Wildman–Crippen MR) is 149 cm³/mol. The van der Waals surface area contributed by atoms with Crippen LogP contribution in [0.5, 0.6) is 17.2 Å². The van der Waals surface area contributed by atoms with Crippen LogP contribution in [0.3, 0.4) is 0 Å². The molecule has 0 saturated carbocycles. The van der Waals surface area contributed by atoms with E-state index in [1.54, 1.807) is 18.2 Å². The van der Waals surface area contributed by atoms with Gasteiger partial charge in [0.05, 0.1) is 25.8 Å². The summed E-state index contributed by atoms with van der Waals surface area (Å²) in [6.07, 6.45) is 0.932. The highest BCUT2D eigenvalue weighted by molar-refractivity contribution is 5.95. The second-order valence-electron chi connectivity index (χ2n) is 9.93. The number of fused-ring (bicyclic) bond motifs is 5. The number of esters is 1. The molecule has 43 heavy (non-hydrogen) atoms. The van der Waals surface area contributed by atoms with Gasteiger partial charge in [-0.25, -0.2) is 9.18 Å². The third kappa shape index (κ3) is 6.83. The summed E-state index contributed by atoms with van der Waals surface area (Å²) in [7, 11) is 2.68. The average Bonchev–Trinajstić information content (AvgIpc) is 3.02. The van der Waals surface area contributed by atoms with Gasteiger partial charge < -0.3 is 34.5 Å². The van der Waals surface area contributed by atoms with Crippen LogP contribution in [-0.2, 0) is 16.1 Å². The maximum Gasteiger partial charge on any atom is 0.339 e. The summed E-state index contributed by atoms with van der Waals surface area (Å²) in [5.41, 5.74) is 1.03. The number of pyridine rings is 1. The summed E-state index contributed by atoms with van der Waals surface area (Å²) < 4.78 is 36.4. The lowest BCUT2D eigenvalue weighted by molar-refractivity contribution is -0.125. The smallest absolute Gasteiger partial charge is 0.339 e. The van der Waals surface area contributed by atoms with E-state index in [0.29, 0.717) is 17.7 Å². The Morgan fingerprint density at radius 2 is 1.93 bits per heavy atom. The Morgan fingerprint density at radius 1 is 1.09 bits per heavy atom. The second-order valence-corrected chi connectivity index (χ2v) is 9.93. The van der Waals surface area contributed by atoms with E-state index in [9.17, 15) is 23.6 Å². The minimum atomic E-state index is -0.698. The number of hydrogen-bond acceptors (Lipinski definition) is 9. The lowest BCUT2D eigenvalue weighted by atomic mass is 10.0. The molecule has 2 aliphatic rings. The predicted octanol–water partition coefficient (Wildman–Crippen LogP) is 2.12. The zero-order chi connectivity index (χ0) is 30.5. The van der Waals surface area contributed by atoms with E-state index in [0.717, 1.165) is 0 Å². The van der Waals surface area contributed by atoms with Crippen LogP contribution in [0, 0.1) is 5.82 Å². The first-order chi connectivity index (χ1) is 20.7. The third-order valence-corrected chi connectivity index (χ3v) is 7.04. The SMILES string of the molecule is COC(=O)c1ccc(C(=O)N2CC[C@@H]3Oc4cc(F)cc(c4)CNC(=O)c4ccc(OC)c(c4)OCC(=O)N[C@@H]3C2)nc1. The summed E-state index contributed by atoms with van der Waals surface area (Å²) in [4.78, 5) is 56.5. The quantitative estimate of drug-likeness (QED) is 0.437. The third-order valence-electron chi connectivity index (χ3n) is 7.04. The monoisotopic (exact) mass is 592 g/mol. The van der Waals surface area contributed by atoms with Gasteiger partial charge in [0.1, 0.15) is 23.4 Å². The summed E-state index contributed by atoms with van der Waals surface area (Å²) in [5, 5.41) is 5.61. The number of aromatic nitrogens is 1. The van der Waals surface area contributed by atoms with Crippen LogP contribution < -0.4 is 24.8 Å². The Hall–Kier alpha value is -5.20. The van der Waals surface area contributed by atoms with Gasteiger partial charge in [0.2, 0.25) is 0 Å². The fraction of sp³-hybridized carbons (Fsp3) is 0.300. The number of likely N-dealkylation sites (tertiary alicyclic amines) is 1. The lowest BCUT2D eigenvalue weighted by Gasteiger charge is -2.38. The molecule has 1 aromatic heterocycles. The number of carbonyl (C=O) groups is 4. The second kappa shape index (κ2) is 12.8. The fourth-order valence-electron chi connectivity index (χ4n) is 4.89. The number of piperidine rings is 1. The highest BCUT2D eigenvalue weighted by Crippen LogP contribution is 2.29. The minimum Gasteiger partial charge on any atom is -0.493 e. The van der Waals surface area contributed by atoms with Crippen LogP contribution in [0.2, 0.25) is 0 Å². The van der Waals surface area contributed by atoms with Crippen LogP contribution >= 0.6 is 0 Å². The Morgan fingerprint density at radius 3 is 2.67 bits per heavy atom. The van der Waals surface area contributed by atoms with Gasteiger partial charge in [-0.05, 0) is 48.0 Å². The zero-order valence-electron chi connectivity index (χ0n) is 23.4. The van der Waals surface area contributed by atoms with E-state index >= 15 is 0 Å². The van der Waals surface area contributed by atoms with Gasteiger partial charge in [-0.2, -0.15) is 0 Å². The summed E-state index contributed by atoms with van der Waals surface area (Å²) >= 11 is 0. The van der Waals surface area contributed by atoms with Gasteiger partial charge in [-0.1, -0.05) is 0 Å². The highest BCUT2D eigenvalue weighted by atomic mass is 19.1. The average molecular weight is 593 g/mol. The molecular weight excluding hydrogens is 563 g/mol. The van der Waals surface area contributed by atoms with Gasteiger partial charge in [0, 0.05) is 43.9 Å². The lowest BCUT2D eigenvalue weighted by Crippen LogP contribution is -2.58. The maximum atomic E-state index is 14.6. The van der Waals surface area contributed by atoms with Gasteiger partial charge in [-0.15, -0.1) is 0 Å². The minimum absolute atomic E-state index is 0.0318. The first-order valence-electron chi connectivity index (χ1n) is 13.4. The molecule has 2 atom stereocenters. The van der Waals surface area contributed by atoms with Crippen LogP contribution in [-0.4, -0.2) is 79.6 Å².